The van der Waals surface area contributed by atoms with Gasteiger partial charge >= 0.3 is 0 Å². The molecule has 3 atom stereocenters. The van der Waals surface area contributed by atoms with Crippen molar-refractivity contribution in [3.8, 4) is 0 Å². The van der Waals surface area contributed by atoms with Gasteiger partial charge < -0.3 is 19.9 Å². The van der Waals surface area contributed by atoms with Gasteiger partial charge in [0, 0.05) is 6.42 Å². The van der Waals surface area contributed by atoms with E-state index in [0.717, 1.165) is 0 Å². The van der Waals surface area contributed by atoms with Crippen molar-refractivity contribution >= 4 is 11.2 Å². The summed E-state index contributed by atoms with van der Waals surface area (Å²) in [4.78, 5) is 21.8. The molecule has 8 nitrogen and oxygen atoms in total. The van der Waals surface area contributed by atoms with Gasteiger partial charge in [0.05, 0.1) is 26.7 Å². The van der Waals surface area contributed by atoms with E-state index in [1.54, 1.807) is 0 Å². The summed E-state index contributed by atoms with van der Waals surface area (Å²) in [6.07, 6.45) is -0.993. The Bertz CT molecular complexity index is 671. The first kappa shape index (κ1) is 10.2. The van der Waals surface area contributed by atoms with E-state index in [0.29, 0.717) is 0 Å². The fourth-order valence-corrected chi connectivity index (χ4v) is 1.95. The number of rotatable bonds is 2. The van der Waals surface area contributed by atoms with E-state index < -0.39 is 24.0 Å². The number of aromatic nitrogens is 4. The Morgan fingerprint density at radius 2 is 2.50 bits per heavy atom. The van der Waals surface area contributed by atoms with Gasteiger partial charge in [0.15, 0.2) is 11.2 Å². The summed E-state index contributed by atoms with van der Waals surface area (Å²) in [5.41, 5.74) is -0.117. The molecule has 0 amide bonds. The Hall–Kier alpha value is -1.77. The number of ether oxygens (including phenoxy) is 1. The van der Waals surface area contributed by atoms with Gasteiger partial charge in [-0.2, -0.15) is 0 Å². The summed E-state index contributed by atoms with van der Waals surface area (Å²) in [6.45, 7) is -0.386. The van der Waals surface area contributed by atoms with Crippen LogP contribution in [0.15, 0.2) is 17.4 Å². The number of aromatic amines is 1. The molecular formula is C10H12N4O4. The van der Waals surface area contributed by atoms with Crippen LogP contribution in [0.2, 0.25) is 0 Å². The Balaban J connectivity index is 2.10. The van der Waals surface area contributed by atoms with Crippen LogP contribution in [0.4, 0.5) is 0 Å². The number of nitrogens with one attached hydrogen (secondary N) is 1. The molecule has 1 fully saturated rings. The molecule has 2 aromatic heterocycles. The van der Waals surface area contributed by atoms with Gasteiger partial charge in [-0.1, -0.05) is 0 Å². The van der Waals surface area contributed by atoms with Crippen LogP contribution >= 0.6 is 0 Å². The van der Waals surface area contributed by atoms with Gasteiger partial charge in [-0.25, -0.2) is 9.97 Å². The maximum Gasteiger partial charge on any atom is 0.278 e. The minimum Gasteiger partial charge on any atom is -0.394 e. The molecule has 3 heterocycles. The van der Waals surface area contributed by atoms with Crippen LogP contribution in [0.3, 0.4) is 0 Å². The fourth-order valence-electron chi connectivity index (χ4n) is 1.95. The van der Waals surface area contributed by atoms with Gasteiger partial charge in [0.25, 0.3) is 5.56 Å². The summed E-state index contributed by atoms with van der Waals surface area (Å²) in [5.74, 6) is 0. The number of aliphatic hydroxyl groups is 2. The molecule has 2 aromatic rings. The Morgan fingerprint density at radius 3 is 3.22 bits per heavy atom. The van der Waals surface area contributed by atoms with Crippen LogP contribution in [-0.2, 0) is 4.74 Å². The summed E-state index contributed by atoms with van der Waals surface area (Å²) in [5, 5.41) is 18.8. The third-order valence-electron chi connectivity index (χ3n) is 2.89. The minimum atomic E-state index is -1.64. The van der Waals surface area contributed by atoms with E-state index in [9.17, 15) is 9.90 Å². The minimum absolute atomic E-state index is 0.0435. The number of aliphatic hydroxyl groups excluding tert-OH is 2. The second-order valence-corrected chi connectivity index (χ2v) is 4.02. The zero-order chi connectivity index (χ0) is 13.6. The summed E-state index contributed by atoms with van der Waals surface area (Å²) >= 11 is 0. The smallest absolute Gasteiger partial charge is 0.278 e. The normalized spacial score (nSPS) is 32.9. The number of nitrogens with zero attached hydrogens (tertiary/aromatic N) is 3. The lowest BCUT2D eigenvalue weighted by Gasteiger charge is -2.13. The molecule has 0 saturated carbocycles. The van der Waals surface area contributed by atoms with Gasteiger partial charge in [-0.3, -0.25) is 9.36 Å². The first-order valence-corrected chi connectivity index (χ1v) is 5.43. The lowest BCUT2D eigenvalue weighted by molar-refractivity contribution is -0.0432. The lowest BCUT2D eigenvalue weighted by Crippen LogP contribution is -2.24. The quantitative estimate of drug-likeness (QED) is 0.617. The molecule has 0 bridgehead atoms. The zero-order valence-corrected chi connectivity index (χ0v) is 9.28. The fraction of sp³-hybridized carbons (Fsp3) is 0.500. The van der Waals surface area contributed by atoms with E-state index in [-0.39, 0.29) is 24.2 Å². The van der Waals surface area contributed by atoms with Gasteiger partial charge in [-0.05, 0) is 0 Å². The Labute approximate surface area is 102 Å². The van der Waals surface area contributed by atoms with Gasteiger partial charge in [-0.15, -0.1) is 0 Å². The van der Waals surface area contributed by atoms with Crippen LogP contribution in [0.5, 0.6) is 0 Å². The third-order valence-corrected chi connectivity index (χ3v) is 2.89. The van der Waals surface area contributed by atoms with E-state index in [2.05, 4.69) is 15.0 Å². The van der Waals surface area contributed by atoms with Crippen LogP contribution in [0, 0.1) is 0 Å². The third kappa shape index (κ3) is 1.62. The highest BCUT2D eigenvalue weighted by Gasteiger charge is 2.35. The van der Waals surface area contributed by atoms with Crippen LogP contribution in [0.1, 0.15) is 14.0 Å². The van der Waals surface area contributed by atoms with Crippen molar-refractivity contribution in [2.45, 2.75) is 24.8 Å². The van der Waals surface area contributed by atoms with E-state index in [1.165, 1.54) is 17.2 Å². The highest BCUT2D eigenvalue weighted by atomic mass is 16.5. The Kier molecular flexibility index (Phi) is 2.35. The number of hydrogen-bond acceptors (Lipinski definition) is 6. The van der Waals surface area contributed by atoms with Crippen molar-refractivity contribution in [2.24, 2.45) is 0 Å². The van der Waals surface area contributed by atoms with Crippen molar-refractivity contribution in [1.29, 1.82) is 0 Å². The molecule has 0 aliphatic carbocycles. The highest BCUT2D eigenvalue weighted by molar-refractivity contribution is 5.68. The van der Waals surface area contributed by atoms with Crippen molar-refractivity contribution in [1.82, 2.24) is 19.5 Å². The number of H-pyrrole nitrogens is 1. The molecule has 8 heteroatoms. The van der Waals surface area contributed by atoms with E-state index in [1.807, 2.05) is 0 Å². The molecular weight excluding hydrogens is 240 g/mol. The molecule has 3 N–H and O–H groups in total. The molecule has 3 rings (SSSR count). The zero-order valence-electron chi connectivity index (χ0n) is 10.3. The van der Waals surface area contributed by atoms with Crippen LogP contribution < -0.4 is 5.56 Å². The molecule has 96 valence electrons. The predicted molar refractivity (Wildman–Crippen MR) is 59.8 cm³/mol. The van der Waals surface area contributed by atoms with E-state index in [4.69, 9.17) is 11.2 Å². The van der Waals surface area contributed by atoms with Crippen LogP contribution in [0.25, 0.3) is 11.2 Å². The first-order chi connectivity index (χ1) is 9.05. The molecule has 1 saturated heterocycles. The van der Waals surface area contributed by atoms with Crippen molar-refractivity contribution in [3.63, 3.8) is 0 Å². The lowest BCUT2D eigenvalue weighted by atomic mass is 10.2. The highest BCUT2D eigenvalue weighted by Crippen LogP contribution is 2.29. The Morgan fingerprint density at radius 1 is 1.67 bits per heavy atom. The van der Waals surface area contributed by atoms with Gasteiger partial charge in [0.2, 0.25) is 0 Å². The van der Waals surface area contributed by atoms with E-state index >= 15 is 0 Å². The standard InChI is InChI=1S/C10H12N4O4/c15-2-6-5(16)1-7(18-6)14-4-13-8-9(14)11-3-12-10(8)17/h3-7,15-16H,1-2H2,(H,11,12,17)/t5-,6+,7+/m0/s1/i7D. The van der Waals surface area contributed by atoms with Crippen LogP contribution in [-0.4, -0.2) is 48.5 Å². The monoisotopic (exact) mass is 253 g/mol. The summed E-state index contributed by atoms with van der Waals surface area (Å²) in [7, 11) is 0. The van der Waals surface area contributed by atoms with Gasteiger partial charge in [0.1, 0.15) is 12.3 Å². The first-order valence-electron chi connectivity index (χ1n) is 5.93. The van der Waals surface area contributed by atoms with Crippen molar-refractivity contribution < 1.29 is 16.3 Å². The molecule has 18 heavy (non-hydrogen) atoms. The molecule has 1 aliphatic heterocycles. The molecule has 0 radical (unpaired) electrons. The largest absolute Gasteiger partial charge is 0.394 e. The predicted octanol–water partition coefficient (Wildman–Crippen LogP) is -1.24. The maximum atomic E-state index is 11.5. The molecule has 0 aromatic carbocycles. The maximum absolute atomic E-state index is 11.5. The molecule has 0 unspecified atom stereocenters. The summed E-state index contributed by atoms with van der Waals surface area (Å²) in [6, 6.07) is 0. The molecule has 0 spiro atoms. The second kappa shape index (κ2) is 4.16. The average molecular weight is 253 g/mol. The SMILES string of the molecule is [2H][C@]1(n2cnc3c(=O)[nH]cnc32)C[C@H](O)[C@@H](CO)O1. The average Bonchev–Trinajstić information content (AvgIpc) is 2.92. The number of hydrogen-bond donors (Lipinski definition) is 3. The van der Waals surface area contributed by atoms with Crippen molar-refractivity contribution in [3.05, 3.63) is 23.0 Å². The molecule has 1 aliphatic rings. The topological polar surface area (TPSA) is 113 Å². The van der Waals surface area contributed by atoms with Crippen molar-refractivity contribution in [2.75, 3.05) is 6.61 Å². The number of fused-ring (bicyclic) bond motifs is 1. The number of imidazole rings is 1. The second-order valence-electron chi connectivity index (χ2n) is 4.02. The summed E-state index contributed by atoms with van der Waals surface area (Å²) < 4.78 is 14.8.